The second-order valence-corrected chi connectivity index (χ2v) is 22.7. The molecule has 1 atom stereocenters. The van der Waals surface area contributed by atoms with Gasteiger partial charge in [0.2, 0.25) is 0 Å². The molecule has 0 rings (SSSR count). The lowest BCUT2D eigenvalue weighted by atomic mass is 10.0. The van der Waals surface area contributed by atoms with Crippen molar-refractivity contribution in [2.24, 2.45) is 0 Å². The van der Waals surface area contributed by atoms with Gasteiger partial charge in [0.25, 0.3) is 0 Å². The molecule has 6 heteroatoms. The Morgan fingerprint density at radius 1 is 0.273 bits per heavy atom. The van der Waals surface area contributed by atoms with Crippen molar-refractivity contribution in [3.63, 3.8) is 0 Å². The molecule has 0 radical (unpaired) electrons. The van der Waals surface area contributed by atoms with Gasteiger partial charge in [-0.2, -0.15) is 0 Å². The van der Waals surface area contributed by atoms with Crippen LogP contribution in [0.25, 0.3) is 0 Å². The molecule has 0 saturated heterocycles. The summed E-state index contributed by atoms with van der Waals surface area (Å²) < 4.78 is 16.9. The maximum Gasteiger partial charge on any atom is 0.306 e. The zero-order valence-corrected chi connectivity index (χ0v) is 51.5. The molecule has 0 fully saturated rings. The maximum absolute atomic E-state index is 12.9. The number of allylic oxidation sites excluding steroid dienone is 10. The van der Waals surface area contributed by atoms with Crippen molar-refractivity contribution in [3.8, 4) is 0 Å². The predicted octanol–water partition coefficient (Wildman–Crippen LogP) is 23.1. The zero-order valence-electron chi connectivity index (χ0n) is 51.5. The molecule has 77 heavy (non-hydrogen) atoms. The van der Waals surface area contributed by atoms with Gasteiger partial charge in [-0.05, 0) is 57.8 Å². The van der Waals surface area contributed by atoms with Crippen LogP contribution in [-0.2, 0) is 28.6 Å². The molecule has 0 aliphatic rings. The van der Waals surface area contributed by atoms with Crippen LogP contribution in [0.2, 0.25) is 0 Å². The van der Waals surface area contributed by atoms with Crippen molar-refractivity contribution >= 4 is 17.9 Å². The third kappa shape index (κ3) is 63.8. The number of esters is 3. The van der Waals surface area contributed by atoms with E-state index < -0.39 is 6.10 Å². The van der Waals surface area contributed by atoms with Crippen LogP contribution >= 0.6 is 0 Å². The summed E-state index contributed by atoms with van der Waals surface area (Å²) in [4.78, 5) is 38.4. The van der Waals surface area contributed by atoms with Crippen LogP contribution in [-0.4, -0.2) is 37.2 Å². The fourth-order valence-electron chi connectivity index (χ4n) is 10.0. The second-order valence-electron chi connectivity index (χ2n) is 22.7. The van der Waals surface area contributed by atoms with Gasteiger partial charge in [-0.25, -0.2) is 0 Å². The molecule has 0 aliphatic carbocycles. The Bertz CT molecular complexity index is 1380. The molecule has 0 saturated carbocycles. The smallest absolute Gasteiger partial charge is 0.306 e. The molecule has 0 N–H and O–H groups in total. The first kappa shape index (κ1) is 74.1. The average Bonchev–Trinajstić information content (AvgIpc) is 3.43. The van der Waals surface area contributed by atoms with Crippen LogP contribution in [0.15, 0.2) is 60.8 Å². The fourth-order valence-corrected chi connectivity index (χ4v) is 10.0. The first-order chi connectivity index (χ1) is 38.0. The highest BCUT2D eigenvalue weighted by molar-refractivity contribution is 5.71. The number of carbonyl (C=O) groups is 3. The van der Waals surface area contributed by atoms with E-state index in [1.807, 2.05) is 0 Å². The van der Waals surface area contributed by atoms with Gasteiger partial charge in [0, 0.05) is 19.3 Å². The molecule has 0 aromatic carbocycles. The lowest BCUT2D eigenvalue weighted by Gasteiger charge is -2.18. The van der Waals surface area contributed by atoms with Crippen LogP contribution in [0.5, 0.6) is 0 Å². The first-order valence-electron chi connectivity index (χ1n) is 33.8. The van der Waals surface area contributed by atoms with Gasteiger partial charge in [0.15, 0.2) is 6.10 Å². The van der Waals surface area contributed by atoms with Crippen LogP contribution in [0.3, 0.4) is 0 Å². The maximum atomic E-state index is 12.9. The zero-order chi connectivity index (χ0) is 55.7. The number of ether oxygens (including phenoxy) is 3. The van der Waals surface area contributed by atoms with Gasteiger partial charge in [-0.15, -0.1) is 0 Å². The third-order valence-corrected chi connectivity index (χ3v) is 15.0. The highest BCUT2D eigenvalue weighted by Gasteiger charge is 2.19. The van der Waals surface area contributed by atoms with E-state index in [-0.39, 0.29) is 37.5 Å². The van der Waals surface area contributed by atoms with Gasteiger partial charge in [0.05, 0.1) is 0 Å². The summed E-state index contributed by atoms with van der Waals surface area (Å²) >= 11 is 0. The number of hydrogen-bond acceptors (Lipinski definition) is 6. The lowest BCUT2D eigenvalue weighted by Crippen LogP contribution is -2.30. The standard InChI is InChI=1S/C71H128O6/c1-4-7-10-13-16-19-22-25-28-31-33-34-35-36-37-38-41-43-46-49-52-55-58-61-64-70(73)76-67-68(66-75-69(72)63-60-57-54-51-48-45-42-39-30-27-24-21-18-15-12-9-6-3)77-71(74)65-62-59-56-53-50-47-44-40-32-29-26-23-20-17-14-11-8-5-2/h9,12,18,21,27,30,42,45,51,54,68H,4-8,10-11,13-17,19-20,22-26,28-29,31-41,43-44,46-50,52-53,55-67H2,1-3H3/b12-9-,21-18-,30-27-,45-42-,54-51-. The van der Waals surface area contributed by atoms with Crippen molar-refractivity contribution in [1.82, 2.24) is 0 Å². The largest absolute Gasteiger partial charge is 0.462 e. The number of carbonyl (C=O) groups excluding carboxylic acids is 3. The third-order valence-electron chi connectivity index (χ3n) is 15.0. The average molecular weight is 1080 g/mol. The van der Waals surface area contributed by atoms with Crippen molar-refractivity contribution in [1.29, 1.82) is 0 Å². The summed E-state index contributed by atoms with van der Waals surface area (Å²) in [5, 5.41) is 0. The summed E-state index contributed by atoms with van der Waals surface area (Å²) in [5.74, 6) is -0.924. The quantitative estimate of drug-likeness (QED) is 0.0261. The summed E-state index contributed by atoms with van der Waals surface area (Å²) in [6.45, 7) is 6.54. The number of hydrogen-bond donors (Lipinski definition) is 0. The predicted molar refractivity (Wildman–Crippen MR) is 335 cm³/mol. The van der Waals surface area contributed by atoms with E-state index in [0.29, 0.717) is 19.3 Å². The van der Waals surface area contributed by atoms with Crippen LogP contribution < -0.4 is 0 Å². The summed E-state index contributed by atoms with van der Waals surface area (Å²) in [7, 11) is 0. The highest BCUT2D eigenvalue weighted by atomic mass is 16.6. The van der Waals surface area contributed by atoms with Gasteiger partial charge < -0.3 is 14.2 Å². The van der Waals surface area contributed by atoms with Crippen molar-refractivity contribution < 1.29 is 28.6 Å². The van der Waals surface area contributed by atoms with E-state index in [1.165, 1.54) is 231 Å². The van der Waals surface area contributed by atoms with Crippen molar-refractivity contribution in [3.05, 3.63) is 60.8 Å². The molecule has 448 valence electrons. The molecule has 0 aliphatic heterocycles. The molecular formula is C71H128O6. The van der Waals surface area contributed by atoms with Gasteiger partial charge in [-0.1, -0.05) is 338 Å². The molecule has 0 aromatic rings. The number of unbranched alkanes of at least 4 members (excludes halogenated alkanes) is 41. The molecule has 0 amide bonds. The minimum atomic E-state index is -0.795. The Balaban J connectivity index is 4.34. The van der Waals surface area contributed by atoms with E-state index in [9.17, 15) is 14.4 Å². The molecular weight excluding hydrogens is 949 g/mol. The first-order valence-corrected chi connectivity index (χ1v) is 33.8. The van der Waals surface area contributed by atoms with E-state index in [0.717, 1.165) is 77.0 Å². The fraction of sp³-hybridized carbons (Fsp3) is 0.817. The molecule has 6 nitrogen and oxygen atoms in total. The molecule has 0 heterocycles. The Morgan fingerprint density at radius 2 is 0.506 bits per heavy atom. The van der Waals surface area contributed by atoms with Gasteiger partial charge in [0.1, 0.15) is 13.2 Å². The highest BCUT2D eigenvalue weighted by Crippen LogP contribution is 2.18. The molecule has 1 unspecified atom stereocenters. The summed E-state index contributed by atoms with van der Waals surface area (Å²) in [6.07, 6.45) is 83.9. The topological polar surface area (TPSA) is 78.9 Å². The minimum absolute atomic E-state index is 0.0869. The van der Waals surface area contributed by atoms with Crippen LogP contribution in [0.1, 0.15) is 355 Å². The summed E-state index contributed by atoms with van der Waals surface area (Å²) in [5.41, 5.74) is 0. The van der Waals surface area contributed by atoms with Gasteiger partial charge >= 0.3 is 17.9 Å². The van der Waals surface area contributed by atoms with Crippen LogP contribution in [0.4, 0.5) is 0 Å². The Morgan fingerprint density at radius 3 is 0.792 bits per heavy atom. The molecule has 0 aromatic heterocycles. The lowest BCUT2D eigenvalue weighted by molar-refractivity contribution is -0.167. The van der Waals surface area contributed by atoms with Gasteiger partial charge in [-0.3, -0.25) is 14.4 Å². The normalized spacial score (nSPS) is 12.4. The van der Waals surface area contributed by atoms with E-state index >= 15 is 0 Å². The Labute approximate surface area is 479 Å². The minimum Gasteiger partial charge on any atom is -0.462 e. The Hall–Kier alpha value is -2.89. The molecule has 0 bridgehead atoms. The van der Waals surface area contributed by atoms with E-state index in [4.69, 9.17) is 14.2 Å². The van der Waals surface area contributed by atoms with Crippen LogP contribution in [0, 0.1) is 0 Å². The Kier molecular flexibility index (Phi) is 63.2. The van der Waals surface area contributed by atoms with E-state index in [1.54, 1.807) is 0 Å². The van der Waals surface area contributed by atoms with Crippen molar-refractivity contribution in [2.75, 3.05) is 13.2 Å². The summed E-state index contributed by atoms with van der Waals surface area (Å²) in [6, 6.07) is 0. The van der Waals surface area contributed by atoms with E-state index in [2.05, 4.69) is 81.5 Å². The molecule has 0 spiro atoms. The monoisotopic (exact) mass is 1080 g/mol. The SMILES string of the molecule is CC/C=C\C/C=C\C/C=C\C/C=C\C/C=C\CCCC(=O)OCC(COC(=O)CCCCCCCCCCCCCCCCCCCCCCCCCC)OC(=O)CCCCCCCCCCCCCCCCCCCC. The van der Waals surface area contributed by atoms with Crippen molar-refractivity contribution in [2.45, 2.75) is 361 Å². The number of rotatable bonds is 62. The second kappa shape index (κ2) is 65.6.